The first-order valence-electron chi connectivity index (χ1n) is 21.0. The van der Waals surface area contributed by atoms with Crippen LogP contribution in [0.4, 0.5) is 14.0 Å². The van der Waals surface area contributed by atoms with Gasteiger partial charge in [-0.1, -0.05) is 94.4 Å². The van der Waals surface area contributed by atoms with Crippen molar-refractivity contribution >= 4 is 34.1 Å². The van der Waals surface area contributed by atoms with Crippen molar-refractivity contribution in [3.05, 3.63) is 163 Å². The third-order valence-electron chi connectivity index (χ3n) is 9.84. The van der Waals surface area contributed by atoms with Gasteiger partial charge in [0.1, 0.15) is 39.7 Å². The van der Waals surface area contributed by atoms with Crippen LogP contribution in [-0.4, -0.2) is 23.4 Å². The smallest absolute Gasteiger partial charge is 0.408 e. The molecular weight excluding hydrogens is 788 g/mol. The number of benzene rings is 4. The maximum atomic E-state index is 13.9. The molecule has 10 nitrogen and oxygen atoms in total. The predicted molar refractivity (Wildman–Crippen MR) is 242 cm³/mol. The van der Waals surface area contributed by atoms with E-state index in [2.05, 4.69) is 10.6 Å². The van der Waals surface area contributed by atoms with E-state index in [1.807, 2.05) is 128 Å². The molecule has 2 heterocycles. The Morgan fingerprint density at radius 1 is 0.597 bits per heavy atom. The topological polar surface area (TPSA) is 137 Å². The molecule has 0 saturated carbocycles. The minimum absolute atomic E-state index is 0.0209. The fraction of sp³-hybridized carbons (Fsp3) is 0.373. The number of amides is 2. The second-order valence-corrected chi connectivity index (χ2v) is 18.2. The molecule has 0 aliphatic heterocycles. The van der Waals surface area contributed by atoms with Gasteiger partial charge in [0.2, 0.25) is 0 Å². The molecule has 0 aliphatic carbocycles. The van der Waals surface area contributed by atoms with Gasteiger partial charge < -0.3 is 28.9 Å². The number of nitrogens with one attached hydrogen (secondary N) is 2. The summed E-state index contributed by atoms with van der Waals surface area (Å²) in [6, 6.07) is 27.6. The van der Waals surface area contributed by atoms with Crippen molar-refractivity contribution in [2.24, 2.45) is 11.8 Å². The van der Waals surface area contributed by atoms with Crippen LogP contribution in [0.5, 0.6) is 0 Å². The summed E-state index contributed by atoms with van der Waals surface area (Å²) in [7, 11) is 0. The zero-order valence-electron chi connectivity index (χ0n) is 37.6. The number of carbonyl (C=O) groups excluding carboxylic acids is 2. The molecule has 0 unspecified atom stereocenters. The van der Waals surface area contributed by atoms with E-state index in [1.165, 1.54) is 18.2 Å². The number of fused-ring (bicyclic) bond motifs is 2. The lowest BCUT2D eigenvalue weighted by Gasteiger charge is -2.26. The minimum Gasteiger partial charge on any atom is -0.458 e. The van der Waals surface area contributed by atoms with Crippen LogP contribution in [0.1, 0.15) is 121 Å². The van der Waals surface area contributed by atoms with E-state index in [1.54, 1.807) is 26.8 Å². The molecular formula is C51H59FN2O8. The Morgan fingerprint density at radius 2 is 0.984 bits per heavy atom. The molecule has 2 atom stereocenters. The summed E-state index contributed by atoms with van der Waals surface area (Å²) in [5.41, 5.74) is 2.97. The first-order valence-corrected chi connectivity index (χ1v) is 21.0. The summed E-state index contributed by atoms with van der Waals surface area (Å²) in [6.45, 7) is 20.5. The first-order chi connectivity index (χ1) is 29.1. The fourth-order valence-electron chi connectivity index (χ4n) is 6.95. The van der Waals surface area contributed by atoms with Gasteiger partial charge in [-0.3, -0.25) is 9.59 Å². The van der Waals surface area contributed by atoms with Crippen LogP contribution in [0.3, 0.4) is 0 Å². The normalized spacial score (nSPS) is 12.7. The molecule has 328 valence electrons. The summed E-state index contributed by atoms with van der Waals surface area (Å²) >= 11 is 0. The molecule has 2 aromatic heterocycles. The van der Waals surface area contributed by atoms with E-state index in [0.717, 1.165) is 16.7 Å². The lowest BCUT2D eigenvalue weighted by atomic mass is 9.93. The number of alkyl carbamates (subject to hydrolysis) is 2. The fourth-order valence-corrected chi connectivity index (χ4v) is 6.95. The van der Waals surface area contributed by atoms with E-state index in [9.17, 15) is 23.6 Å². The molecule has 4 aromatic carbocycles. The van der Waals surface area contributed by atoms with E-state index in [-0.39, 0.29) is 28.3 Å². The monoisotopic (exact) mass is 846 g/mol. The minimum atomic E-state index is -0.675. The lowest BCUT2D eigenvalue weighted by Crippen LogP contribution is -2.37. The third kappa shape index (κ3) is 12.4. The number of hydrogen-bond acceptors (Lipinski definition) is 8. The van der Waals surface area contributed by atoms with Crippen molar-refractivity contribution in [2.75, 3.05) is 0 Å². The molecule has 11 heteroatoms. The molecule has 0 aliphatic rings. The Hall–Kier alpha value is -6.23. The zero-order chi connectivity index (χ0) is 45.5. The van der Waals surface area contributed by atoms with E-state index in [4.69, 9.17) is 18.3 Å². The first kappa shape index (κ1) is 46.8. The standard InChI is InChI=1S/C26H31NO4.C25H28FNO4/c1-16(2)22(27-25(29)31-26(4,5)6)24-20(15-18-10-8-7-9-11-18)23(28)19-13-12-17(3)14-21(19)30-24;1-15(2)21(27-24(29)31-25(3,4)5)23-19(13-16-9-7-6-8-10-16)22(28)18-12-11-17(26)14-20(18)30-23/h7-14,16,22H,15H2,1-6H3,(H,27,29);6-12,14-15,21H,13H2,1-5H3,(H,27,29)/t22-;21-/m11/s1. The Labute approximate surface area is 362 Å². The van der Waals surface area contributed by atoms with Gasteiger partial charge in [0.15, 0.2) is 10.9 Å². The summed E-state index contributed by atoms with van der Waals surface area (Å²) in [6.07, 6.45) is -0.408. The van der Waals surface area contributed by atoms with Gasteiger partial charge in [0.25, 0.3) is 0 Å². The van der Waals surface area contributed by atoms with Crippen LogP contribution in [0, 0.1) is 24.6 Å². The van der Waals surface area contributed by atoms with Gasteiger partial charge in [-0.05, 0) is 101 Å². The summed E-state index contributed by atoms with van der Waals surface area (Å²) in [4.78, 5) is 52.0. The number of carbonyl (C=O) groups is 2. The maximum Gasteiger partial charge on any atom is 0.408 e. The van der Waals surface area contributed by atoms with Crippen LogP contribution >= 0.6 is 0 Å². The van der Waals surface area contributed by atoms with Gasteiger partial charge in [-0.15, -0.1) is 0 Å². The van der Waals surface area contributed by atoms with Crippen LogP contribution in [0.15, 0.2) is 115 Å². The molecule has 6 aromatic rings. The Morgan fingerprint density at radius 3 is 1.37 bits per heavy atom. The van der Waals surface area contributed by atoms with Crippen LogP contribution in [0.2, 0.25) is 0 Å². The summed E-state index contributed by atoms with van der Waals surface area (Å²) in [5, 5.41) is 6.61. The summed E-state index contributed by atoms with van der Waals surface area (Å²) in [5.74, 6) is 0.155. The van der Waals surface area contributed by atoms with Crippen molar-refractivity contribution < 1.29 is 32.3 Å². The predicted octanol–water partition coefficient (Wildman–Crippen LogP) is 11.7. The number of halogens is 1. The molecule has 6 rings (SSSR count). The van der Waals surface area contributed by atoms with E-state index >= 15 is 0 Å². The number of aryl methyl sites for hydroxylation is 1. The van der Waals surface area contributed by atoms with E-state index < -0.39 is 41.3 Å². The number of rotatable bonds is 10. The molecule has 2 N–H and O–H groups in total. The SMILES string of the molecule is CC(C)[C@@H](NC(=O)OC(C)(C)C)c1oc2cc(F)ccc2c(=O)c1Cc1ccccc1.Cc1ccc2c(=O)c(Cc3ccccc3)c([C@H](NC(=O)OC(C)(C)C)C(C)C)oc2c1. The average molecular weight is 847 g/mol. The molecule has 0 bridgehead atoms. The molecule has 0 spiro atoms. The Kier molecular flexibility index (Phi) is 14.8. The van der Waals surface area contributed by atoms with Crippen LogP contribution < -0.4 is 21.5 Å². The van der Waals surface area contributed by atoms with Crippen molar-refractivity contribution in [2.45, 2.75) is 112 Å². The lowest BCUT2D eigenvalue weighted by molar-refractivity contribution is 0.0470. The van der Waals surface area contributed by atoms with Gasteiger partial charge in [-0.2, -0.15) is 0 Å². The molecule has 0 saturated heterocycles. The van der Waals surface area contributed by atoms with Crippen molar-refractivity contribution in [1.29, 1.82) is 0 Å². The number of hydrogen-bond donors (Lipinski definition) is 2. The van der Waals surface area contributed by atoms with Crippen LogP contribution in [0.25, 0.3) is 21.9 Å². The maximum absolute atomic E-state index is 13.9. The highest BCUT2D eigenvalue weighted by Gasteiger charge is 2.31. The average Bonchev–Trinajstić information content (AvgIpc) is 3.17. The second-order valence-electron chi connectivity index (χ2n) is 18.2. The Bertz CT molecular complexity index is 2440. The highest BCUT2D eigenvalue weighted by Crippen LogP contribution is 2.31. The highest BCUT2D eigenvalue weighted by molar-refractivity contribution is 5.79. The quantitative estimate of drug-likeness (QED) is 0.139. The van der Waals surface area contributed by atoms with Crippen molar-refractivity contribution in [1.82, 2.24) is 10.6 Å². The third-order valence-corrected chi connectivity index (χ3v) is 9.84. The van der Waals surface area contributed by atoms with Gasteiger partial charge >= 0.3 is 12.2 Å². The van der Waals surface area contributed by atoms with Crippen molar-refractivity contribution in [3.8, 4) is 0 Å². The molecule has 0 fully saturated rings. The van der Waals surface area contributed by atoms with Gasteiger partial charge in [0, 0.05) is 30.0 Å². The van der Waals surface area contributed by atoms with Crippen molar-refractivity contribution in [3.63, 3.8) is 0 Å². The Balaban J connectivity index is 0.000000234. The van der Waals surface area contributed by atoms with E-state index in [0.29, 0.717) is 51.8 Å². The number of ether oxygens (including phenoxy) is 2. The zero-order valence-corrected chi connectivity index (χ0v) is 37.6. The molecule has 0 radical (unpaired) electrons. The highest BCUT2D eigenvalue weighted by atomic mass is 19.1. The summed E-state index contributed by atoms with van der Waals surface area (Å²) < 4.78 is 37.1. The van der Waals surface area contributed by atoms with Gasteiger partial charge in [-0.25, -0.2) is 14.0 Å². The molecule has 2 amide bonds. The second kappa shape index (κ2) is 19.6. The van der Waals surface area contributed by atoms with Gasteiger partial charge in [0.05, 0.1) is 22.9 Å². The van der Waals surface area contributed by atoms with Crippen LogP contribution in [-0.2, 0) is 22.3 Å². The molecule has 62 heavy (non-hydrogen) atoms. The largest absolute Gasteiger partial charge is 0.458 e.